The van der Waals surface area contributed by atoms with Crippen molar-refractivity contribution in [1.82, 2.24) is 14.9 Å². The predicted octanol–water partition coefficient (Wildman–Crippen LogP) is 2.13. The standard InChI is InChI=1S/C16H20ClN3O3/c1-22-14-6-12-13(18-10-19-16(12)17)7-15(14)23-9-11(21)8-20-4-2-3-5-20/h6-7,10-11,21H,2-5,8-9H2,1H3. The Morgan fingerprint density at radius 2 is 2.04 bits per heavy atom. The minimum Gasteiger partial charge on any atom is -0.493 e. The van der Waals surface area contributed by atoms with Gasteiger partial charge in [-0.05, 0) is 32.0 Å². The second-order valence-electron chi connectivity index (χ2n) is 5.66. The molecule has 0 radical (unpaired) electrons. The number of likely N-dealkylation sites (tertiary alicyclic amines) is 1. The summed E-state index contributed by atoms with van der Waals surface area (Å²) >= 11 is 6.07. The fourth-order valence-electron chi connectivity index (χ4n) is 2.81. The molecule has 0 saturated carbocycles. The topological polar surface area (TPSA) is 67.7 Å². The summed E-state index contributed by atoms with van der Waals surface area (Å²) in [6.07, 6.45) is 3.27. The first kappa shape index (κ1) is 16.2. The van der Waals surface area contributed by atoms with Crippen LogP contribution in [0.3, 0.4) is 0 Å². The number of nitrogens with zero attached hydrogens (tertiary/aromatic N) is 3. The Morgan fingerprint density at radius 3 is 2.78 bits per heavy atom. The second kappa shape index (κ2) is 7.29. The zero-order valence-corrected chi connectivity index (χ0v) is 13.8. The van der Waals surface area contributed by atoms with E-state index >= 15 is 0 Å². The number of halogens is 1. The largest absolute Gasteiger partial charge is 0.493 e. The first-order valence-corrected chi connectivity index (χ1v) is 8.06. The maximum Gasteiger partial charge on any atom is 0.163 e. The van der Waals surface area contributed by atoms with E-state index in [0.29, 0.717) is 34.1 Å². The quantitative estimate of drug-likeness (QED) is 0.814. The number of hydrogen-bond acceptors (Lipinski definition) is 6. The van der Waals surface area contributed by atoms with Crippen LogP contribution in [-0.4, -0.2) is 59.4 Å². The van der Waals surface area contributed by atoms with E-state index in [1.165, 1.54) is 19.2 Å². The molecule has 2 heterocycles. The van der Waals surface area contributed by atoms with E-state index in [1.807, 2.05) is 0 Å². The number of methoxy groups -OCH3 is 1. The summed E-state index contributed by atoms with van der Waals surface area (Å²) < 4.78 is 11.1. The molecule has 1 N–H and O–H groups in total. The molecule has 1 atom stereocenters. The zero-order chi connectivity index (χ0) is 16.2. The van der Waals surface area contributed by atoms with E-state index in [4.69, 9.17) is 21.1 Å². The molecular formula is C16H20ClN3O3. The van der Waals surface area contributed by atoms with Gasteiger partial charge >= 0.3 is 0 Å². The molecule has 1 unspecified atom stereocenters. The normalized spacial score (nSPS) is 16.7. The summed E-state index contributed by atoms with van der Waals surface area (Å²) in [6.45, 7) is 2.93. The van der Waals surface area contributed by atoms with Crippen molar-refractivity contribution in [2.75, 3.05) is 33.4 Å². The van der Waals surface area contributed by atoms with E-state index in [9.17, 15) is 5.11 Å². The molecule has 1 saturated heterocycles. The molecule has 1 fully saturated rings. The van der Waals surface area contributed by atoms with Crippen molar-refractivity contribution in [2.24, 2.45) is 0 Å². The SMILES string of the molecule is COc1cc2c(Cl)ncnc2cc1OCC(O)CN1CCCC1. The first-order valence-electron chi connectivity index (χ1n) is 7.69. The number of aliphatic hydroxyl groups excluding tert-OH is 1. The van der Waals surface area contributed by atoms with Gasteiger partial charge in [-0.25, -0.2) is 9.97 Å². The van der Waals surface area contributed by atoms with Gasteiger partial charge in [-0.3, -0.25) is 0 Å². The molecule has 0 spiro atoms. The molecule has 1 aromatic carbocycles. The van der Waals surface area contributed by atoms with E-state index in [2.05, 4.69) is 14.9 Å². The Kier molecular flexibility index (Phi) is 5.15. The van der Waals surface area contributed by atoms with Gasteiger partial charge in [0.2, 0.25) is 0 Å². The lowest BCUT2D eigenvalue weighted by atomic mass is 10.2. The van der Waals surface area contributed by atoms with Crippen molar-refractivity contribution < 1.29 is 14.6 Å². The number of β-amino-alcohol motifs (C(OH)–C–C–N with tert-alkyl or cyclic N) is 1. The van der Waals surface area contributed by atoms with Crippen LogP contribution in [0.25, 0.3) is 10.9 Å². The van der Waals surface area contributed by atoms with Crippen LogP contribution in [0.2, 0.25) is 5.15 Å². The molecule has 1 aromatic heterocycles. The Balaban J connectivity index is 1.71. The van der Waals surface area contributed by atoms with Crippen molar-refractivity contribution in [3.8, 4) is 11.5 Å². The monoisotopic (exact) mass is 337 g/mol. The van der Waals surface area contributed by atoms with Crippen LogP contribution < -0.4 is 9.47 Å². The third kappa shape index (κ3) is 3.83. The number of fused-ring (bicyclic) bond motifs is 1. The van der Waals surface area contributed by atoms with E-state index < -0.39 is 6.10 Å². The minimum absolute atomic E-state index is 0.206. The molecule has 1 aliphatic rings. The van der Waals surface area contributed by atoms with Crippen molar-refractivity contribution in [2.45, 2.75) is 18.9 Å². The van der Waals surface area contributed by atoms with E-state index in [1.54, 1.807) is 19.2 Å². The summed E-state index contributed by atoms with van der Waals surface area (Å²) in [6, 6.07) is 3.50. The van der Waals surface area contributed by atoms with Crippen LogP contribution in [0.1, 0.15) is 12.8 Å². The average molecular weight is 338 g/mol. The summed E-state index contributed by atoms with van der Waals surface area (Å²) in [7, 11) is 1.56. The third-order valence-corrected chi connectivity index (χ3v) is 4.27. The highest BCUT2D eigenvalue weighted by atomic mass is 35.5. The van der Waals surface area contributed by atoms with Gasteiger partial charge < -0.3 is 19.5 Å². The first-order chi connectivity index (χ1) is 11.2. The van der Waals surface area contributed by atoms with Gasteiger partial charge in [0.05, 0.1) is 12.6 Å². The van der Waals surface area contributed by atoms with Gasteiger partial charge in [-0.15, -0.1) is 0 Å². The van der Waals surface area contributed by atoms with Gasteiger partial charge in [0.25, 0.3) is 0 Å². The molecule has 124 valence electrons. The Morgan fingerprint density at radius 1 is 1.26 bits per heavy atom. The van der Waals surface area contributed by atoms with Crippen LogP contribution in [0.15, 0.2) is 18.5 Å². The highest BCUT2D eigenvalue weighted by Gasteiger charge is 2.17. The summed E-state index contributed by atoms with van der Waals surface area (Å²) in [5, 5.41) is 11.2. The molecule has 0 amide bonds. The van der Waals surface area contributed by atoms with Crippen molar-refractivity contribution in [3.05, 3.63) is 23.6 Å². The molecule has 0 aliphatic carbocycles. The zero-order valence-electron chi connectivity index (χ0n) is 13.0. The molecular weight excluding hydrogens is 318 g/mol. The smallest absolute Gasteiger partial charge is 0.163 e. The second-order valence-corrected chi connectivity index (χ2v) is 6.02. The lowest BCUT2D eigenvalue weighted by molar-refractivity contribution is 0.0747. The predicted molar refractivity (Wildman–Crippen MR) is 88.3 cm³/mol. The van der Waals surface area contributed by atoms with Gasteiger partial charge in [0, 0.05) is 18.0 Å². The number of aromatic nitrogens is 2. The Labute approximate surface area is 140 Å². The van der Waals surface area contributed by atoms with Gasteiger partial charge in [-0.1, -0.05) is 11.6 Å². The van der Waals surface area contributed by atoms with Crippen LogP contribution in [0.5, 0.6) is 11.5 Å². The fourth-order valence-corrected chi connectivity index (χ4v) is 3.00. The fraction of sp³-hybridized carbons (Fsp3) is 0.500. The highest BCUT2D eigenvalue weighted by molar-refractivity contribution is 6.34. The molecule has 1 aliphatic heterocycles. The Hall–Kier alpha value is -1.63. The molecule has 23 heavy (non-hydrogen) atoms. The van der Waals surface area contributed by atoms with E-state index in [0.717, 1.165) is 13.1 Å². The lowest BCUT2D eigenvalue weighted by Gasteiger charge is -2.20. The number of rotatable bonds is 6. The number of benzene rings is 1. The van der Waals surface area contributed by atoms with Crippen LogP contribution in [0, 0.1) is 0 Å². The highest BCUT2D eigenvalue weighted by Crippen LogP contribution is 2.33. The van der Waals surface area contributed by atoms with Gasteiger partial charge in [-0.2, -0.15) is 0 Å². The third-order valence-electron chi connectivity index (χ3n) is 3.97. The van der Waals surface area contributed by atoms with Crippen LogP contribution in [0.4, 0.5) is 0 Å². The lowest BCUT2D eigenvalue weighted by Crippen LogP contribution is -2.33. The molecule has 0 bridgehead atoms. The summed E-state index contributed by atoms with van der Waals surface area (Å²) in [5.41, 5.74) is 0.676. The molecule has 3 rings (SSSR count). The van der Waals surface area contributed by atoms with Gasteiger partial charge in [0.15, 0.2) is 11.5 Å². The summed E-state index contributed by atoms with van der Waals surface area (Å²) in [5.74, 6) is 1.08. The van der Waals surface area contributed by atoms with Crippen molar-refractivity contribution >= 4 is 22.5 Å². The minimum atomic E-state index is -0.539. The maximum atomic E-state index is 10.1. The van der Waals surface area contributed by atoms with Crippen molar-refractivity contribution in [3.63, 3.8) is 0 Å². The van der Waals surface area contributed by atoms with Crippen LogP contribution in [-0.2, 0) is 0 Å². The molecule has 7 heteroatoms. The maximum absolute atomic E-state index is 10.1. The molecule has 6 nitrogen and oxygen atoms in total. The Bertz CT molecular complexity index is 677. The number of hydrogen-bond donors (Lipinski definition) is 1. The number of aliphatic hydroxyl groups is 1. The van der Waals surface area contributed by atoms with E-state index in [-0.39, 0.29) is 6.61 Å². The number of ether oxygens (including phenoxy) is 2. The summed E-state index contributed by atoms with van der Waals surface area (Å²) in [4.78, 5) is 10.4. The van der Waals surface area contributed by atoms with Gasteiger partial charge in [0.1, 0.15) is 24.2 Å². The van der Waals surface area contributed by atoms with Crippen LogP contribution >= 0.6 is 11.6 Å². The van der Waals surface area contributed by atoms with Crippen molar-refractivity contribution in [1.29, 1.82) is 0 Å². The molecule has 2 aromatic rings. The average Bonchev–Trinajstić information content (AvgIpc) is 3.05.